The molecule has 0 spiro atoms. The van der Waals surface area contributed by atoms with Crippen molar-refractivity contribution in [2.75, 3.05) is 37.8 Å². The van der Waals surface area contributed by atoms with Gasteiger partial charge in [0.25, 0.3) is 5.91 Å². The number of benzene rings is 1. The highest BCUT2D eigenvalue weighted by Crippen LogP contribution is 2.18. The van der Waals surface area contributed by atoms with Gasteiger partial charge in [-0.15, -0.1) is 0 Å². The molecule has 1 aromatic heterocycles. The normalized spacial score (nSPS) is 14.2. The molecule has 2 aromatic rings. The predicted molar refractivity (Wildman–Crippen MR) is 91.0 cm³/mol. The third-order valence-electron chi connectivity index (χ3n) is 3.84. The first-order valence-electron chi connectivity index (χ1n) is 8.14. The third kappa shape index (κ3) is 4.90. The Morgan fingerprint density at radius 3 is 2.76 bits per heavy atom. The predicted octanol–water partition coefficient (Wildman–Crippen LogP) is 1.75. The fourth-order valence-electron chi connectivity index (χ4n) is 2.55. The number of nitrogens with one attached hydrogen (secondary N) is 1. The fraction of sp³-hybridized carbons (Fsp3) is 0.333. The van der Waals surface area contributed by atoms with Crippen molar-refractivity contribution in [3.8, 4) is 5.75 Å². The van der Waals surface area contributed by atoms with Crippen LogP contribution in [-0.2, 0) is 16.1 Å². The van der Waals surface area contributed by atoms with E-state index in [1.807, 2.05) is 12.1 Å². The number of amides is 1. The molecule has 1 fully saturated rings. The number of carbonyl (C=O) groups excluding carboxylic acids is 1. The van der Waals surface area contributed by atoms with E-state index in [1.54, 1.807) is 6.20 Å². The number of nitrogens with zero attached hydrogens (tertiary/aromatic N) is 2. The van der Waals surface area contributed by atoms with E-state index in [2.05, 4.69) is 15.2 Å². The number of pyridine rings is 1. The van der Waals surface area contributed by atoms with Gasteiger partial charge in [-0.1, -0.05) is 6.07 Å². The maximum Gasteiger partial charge on any atom is 0.258 e. The van der Waals surface area contributed by atoms with Crippen LogP contribution < -0.4 is 15.0 Å². The van der Waals surface area contributed by atoms with Crippen molar-refractivity contribution in [2.24, 2.45) is 0 Å². The Hall–Kier alpha value is -2.67. The zero-order chi connectivity index (χ0) is 17.5. The van der Waals surface area contributed by atoms with Crippen LogP contribution in [0.4, 0.5) is 10.2 Å². The molecule has 0 saturated carbocycles. The molecule has 1 N–H and O–H groups in total. The lowest BCUT2D eigenvalue weighted by Gasteiger charge is -2.29. The number of carbonyl (C=O) groups is 1. The lowest BCUT2D eigenvalue weighted by Crippen LogP contribution is -2.38. The molecule has 1 amide bonds. The van der Waals surface area contributed by atoms with Gasteiger partial charge < -0.3 is 19.7 Å². The van der Waals surface area contributed by atoms with E-state index < -0.39 is 0 Å². The summed E-state index contributed by atoms with van der Waals surface area (Å²) in [6.07, 6.45) is 1.74. The molecule has 1 aliphatic rings. The maximum atomic E-state index is 12.8. The minimum atomic E-state index is -0.343. The second kappa shape index (κ2) is 8.43. The molecule has 0 unspecified atom stereocenters. The van der Waals surface area contributed by atoms with Gasteiger partial charge in [0.1, 0.15) is 17.4 Å². The van der Waals surface area contributed by atoms with Gasteiger partial charge in [-0.3, -0.25) is 4.79 Å². The summed E-state index contributed by atoms with van der Waals surface area (Å²) < 4.78 is 23.5. The van der Waals surface area contributed by atoms with Gasteiger partial charge in [-0.05, 0) is 30.3 Å². The summed E-state index contributed by atoms with van der Waals surface area (Å²) in [5.74, 6) is 0.725. The van der Waals surface area contributed by atoms with Gasteiger partial charge in [0.2, 0.25) is 0 Å². The lowest BCUT2D eigenvalue weighted by molar-refractivity contribution is -0.123. The van der Waals surface area contributed by atoms with E-state index in [0.29, 0.717) is 25.5 Å². The molecule has 7 heteroatoms. The number of anilines is 1. The van der Waals surface area contributed by atoms with Crippen LogP contribution in [0.5, 0.6) is 5.75 Å². The smallest absolute Gasteiger partial charge is 0.258 e. The molecule has 0 radical (unpaired) electrons. The maximum absolute atomic E-state index is 12.8. The number of hydrogen-bond acceptors (Lipinski definition) is 5. The van der Waals surface area contributed by atoms with E-state index in [-0.39, 0.29) is 18.3 Å². The van der Waals surface area contributed by atoms with Crippen LogP contribution in [0.3, 0.4) is 0 Å². The quantitative estimate of drug-likeness (QED) is 0.864. The Bertz CT molecular complexity index is 703. The van der Waals surface area contributed by atoms with E-state index in [4.69, 9.17) is 9.47 Å². The first-order valence-corrected chi connectivity index (χ1v) is 8.14. The van der Waals surface area contributed by atoms with Gasteiger partial charge >= 0.3 is 0 Å². The van der Waals surface area contributed by atoms with E-state index in [9.17, 15) is 9.18 Å². The number of hydrogen-bond donors (Lipinski definition) is 1. The van der Waals surface area contributed by atoms with Crippen LogP contribution in [0.2, 0.25) is 0 Å². The zero-order valence-electron chi connectivity index (χ0n) is 13.8. The van der Waals surface area contributed by atoms with Crippen molar-refractivity contribution >= 4 is 11.7 Å². The highest BCUT2D eigenvalue weighted by molar-refractivity contribution is 5.77. The lowest BCUT2D eigenvalue weighted by atomic mass is 10.2. The topological polar surface area (TPSA) is 63.7 Å². The molecular weight excluding hydrogens is 325 g/mol. The van der Waals surface area contributed by atoms with Crippen molar-refractivity contribution in [3.05, 3.63) is 54.0 Å². The molecule has 6 nitrogen and oxygen atoms in total. The minimum Gasteiger partial charge on any atom is -0.484 e. The summed E-state index contributed by atoms with van der Waals surface area (Å²) in [5.41, 5.74) is 0.944. The number of ether oxygens (including phenoxy) is 2. The summed E-state index contributed by atoms with van der Waals surface area (Å²) in [5, 5.41) is 2.82. The van der Waals surface area contributed by atoms with Gasteiger partial charge in [0.05, 0.1) is 13.2 Å². The van der Waals surface area contributed by atoms with E-state index >= 15 is 0 Å². The van der Waals surface area contributed by atoms with Crippen molar-refractivity contribution < 1.29 is 18.7 Å². The largest absolute Gasteiger partial charge is 0.484 e. The van der Waals surface area contributed by atoms with Crippen LogP contribution in [-0.4, -0.2) is 43.8 Å². The average molecular weight is 345 g/mol. The molecule has 3 rings (SSSR count). The average Bonchev–Trinajstić information content (AvgIpc) is 2.67. The highest BCUT2D eigenvalue weighted by Gasteiger charge is 2.16. The summed E-state index contributed by atoms with van der Waals surface area (Å²) in [4.78, 5) is 18.6. The Labute approximate surface area is 145 Å². The molecule has 2 heterocycles. The number of halogens is 1. The molecule has 0 aliphatic carbocycles. The summed E-state index contributed by atoms with van der Waals surface area (Å²) >= 11 is 0. The number of morpholine rings is 1. The van der Waals surface area contributed by atoms with Crippen LogP contribution in [0.15, 0.2) is 42.6 Å². The SMILES string of the molecule is O=C(COc1ccc(F)cc1)NCc1cccnc1N1CCOCC1. The molecule has 25 heavy (non-hydrogen) atoms. The summed E-state index contributed by atoms with van der Waals surface area (Å²) in [6, 6.07) is 9.34. The van der Waals surface area contributed by atoms with Crippen LogP contribution >= 0.6 is 0 Å². The second-order valence-corrected chi connectivity index (χ2v) is 5.60. The van der Waals surface area contributed by atoms with Gasteiger partial charge in [-0.25, -0.2) is 9.37 Å². The fourth-order valence-corrected chi connectivity index (χ4v) is 2.55. The minimum absolute atomic E-state index is 0.126. The van der Waals surface area contributed by atoms with Crippen molar-refractivity contribution in [2.45, 2.75) is 6.54 Å². The molecular formula is C18H20FN3O3. The second-order valence-electron chi connectivity index (χ2n) is 5.60. The first kappa shape index (κ1) is 17.2. The Morgan fingerprint density at radius 1 is 1.24 bits per heavy atom. The summed E-state index contributed by atoms with van der Waals surface area (Å²) in [6.45, 7) is 3.16. The van der Waals surface area contributed by atoms with Crippen molar-refractivity contribution in [3.63, 3.8) is 0 Å². The molecule has 1 aromatic carbocycles. The molecule has 0 bridgehead atoms. The highest BCUT2D eigenvalue weighted by atomic mass is 19.1. The Balaban J connectivity index is 1.52. The third-order valence-corrected chi connectivity index (χ3v) is 3.84. The van der Waals surface area contributed by atoms with E-state index in [0.717, 1.165) is 24.5 Å². The first-order chi connectivity index (χ1) is 12.2. The van der Waals surface area contributed by atoms with E-state index in [1.165, 1.54) is 24.3 Å². The van der Waals surface area contributed by atoms with Gasteiger partial charge in [0, 0.05) is 31.4 Å². The van der Waals surface area contributed by atoms with Gasteiger partial charge in [0.15, 0.2) is 6.61 Å². The Kier molecular flexibility index (Phi) is 5.79. The van der Waals surface area contributed by atoms with Gasteiger partial charge in [-0.2, -0.15) is 0 Å². The van der Waals surface area contributed by atoms with Crippen LogP contribution in [0.1, 0.15) is 5.56 Å². The molecule has 0 atom stereocenters. The molecule has 132 valence electrons. The molecule has 1 saturated heterocycles. The number of rotatable bonds is 6. The van der Waals surface area contributed by atoms with Crippen molar-refractivity contribution in [1.29, 1.82) is 0 Å². The van der Waals surface area contributed by atoms with Crippen LogP contribution in [0.25, 0.3) is 0 Å². The number of aromatic nitrogens is 1. The van der Waals surface area contributed by atoms with Crippen molar-refractivity contribution in [1.82, 2.24) is 10.3 Å². The van der Waals surface area contributed by atoms with Crippen LogP contribution in [0, 0.1) is 5.82 Å². The summed E-state index contributed by atoms with van der Waals surface area (Å²) in [7, 11) is 0. The monoisotopic (exact) mass is 345 g/mol. The molecule has 1 aliphatic heterocycles. The Morgan fingerprint density at radius 2 is 2.00 bits per heavy atom. The zero-order valence-corrected chi connectivity index (χ0v) is 13.8. The standard InChI is InChI=1S/C18H20FN3O3/c19-15-3-5-16(6-4-15)25-13-17(23)21-12-14-2-1-7-20-18(14)22-8-10-24-11-9-22/h1-7H,8-13H2,(H,21,23).